The van der Waals surface area contributed by atoms with Crippen molar-refractivity contribution in [3.05, 3.63) is 24.5 Å². The van der Waals surface area contributed by atoms with Gasteiger partial charge in [-0.25, -0.2) is 0 Å². The average molecular weight is 249 g/mol. The fraction of sp³-hybridized carbons (Fsp3) is 0.444. The Kier molecular flexibility index (Phi) is 7.39. The summed E-state index contributed by atoms with van der Waals surface area (Å²) in [7, 11) is 1.56. The van der Waals surface area contributed by atoms with Crippen LogP contribution in [0.5, 0.6) is 0 Å². The van der Waals surface area contributed by atoms with E-state index in [0.717, 1.165) is 5.76 Å². The van der Waals surface area contributed by atoms with Crippen molar-refractivity contribution in [2.45, 2.75) is 6.42 Å². The summed E-state index contributed by atoms with van der Waals surface area (Å²) in [6.45, 7) is 3.69. The number of methoxy groups -OCH3 is 1. The van der Waals surface area contributed by atoms with E-state index in [1.54, 1.807) is 13.2 Å². The number of carbonyl (C=O) groups is 1. The molecule has 0 atom stereocenters. The number of alkyl halides is 1. The molecule has 0 aliphatic rings. The third-order valence-electron chi connectivity index (χ3n) is 1.25. The molecule has 4 heteroatoms. The molecular formula is C9H13BrO3. The number of carbonyl (C=O) groups excluding carboxylic acids is 1. The molecule has 13 heavy (non-hydrogen) atoms. The fourth-order valence-electron chi connectivity index (χ4n) is 0.600. The summed E-state index contributed by atoms with van der Waals surface area (Å²) in [6.07, 6.45) is 3.44. The predicted molar refractivity (Wildman–Crippen MR) is 54.7 cm³/mol. The second-order valence-electron chi connectivity index (χ2n) is 2.18. The molecule has 0 heterocycles. The number of allylic oxidation sites excluding steroid dienone is 1. The van der Waals surface area contributed by atoms with Crippen LogP contribution in [0.25, 0.3) is 0 Å². The molecule has 0 fully saturated rings. The molecule has 3 nitrogen and oxygen atoms in total. The van der Waals surface area contributed by atoms with Crippen LogP contribution >= 0.6 is 15.9 Å². The Labute approximate surface area is 86.5 Å². The van der Waals surface area contributed by atoms with Crippen molar-refractivity contribution in [1.29, 1.82) is 0 Å². The Morgan fingerprint density at radius 3 is 2.77 bits per heavy atom. The Bertz CT molecular complexity index is 193. The van der Waals surface area contributed by atoms with E-state index in [-0.39, 0.29) is 19.0 Å². The average Bonchev–Trinajstić information content (AvgIpc) is 2.16. The quantitative estimate of drug-likeness (QED) is 0.313. The van der Waals surface area contributed by atoms with Crippen LogP contribution in [0.2, 0.25) is 0 Å². The molecule has 0 aliphatic heterocycles. The van der Waals surface area contributed by atoms with E-state index in [1.165, 1.54) is 6.08 Å². The first-order chi connectivity index (χ1) is 6.24. The van der Waals surface area contributed by atoms with Gasteiger partial charge in [0.2, 0.25) is 0 Å². The molecule has 0 radical (unpaired) electrons. The number of esters is 1. The third-order valence-corrected chi connectivity index (χ3v) is 1.81. The Balaban J connectivity index is 3.77. The number of rotatable bonds is 6. The van der Waals surface area contributed by atoms with Crippen LogP contribution in [0.4, 0.5) is 0 Å². The Morgan fingerprint density at radius 2 is 2.31 bits per heavy atom. The van der Waals surface area contributed by atoms with Crippen molar-refractivity contribution in [3.63, 3.8) is 0 Å². The minimum atomic E-state index is -0.282. The zero-order valence-electron chi connectivity index (χ0n) is 7.59. The highest BCUT2D eigenvalue weighted by Crippen LogP contribution is 2.02. The van der Waals surface area contributed by atoms with Crippen LogP contribution in [0, 0.1) is 0 Å². The van der Waals surface area contributed by atoms with Crippen LogP contribution < -0.4 is 0 Å². The van der Waals surface area contributed by atoms with E-state index in [1.807, 2.05) is 0 Å². The van der Waals surface area contributed by atoms with Gasteiger partial charge in [0.05, 0.1) is 18.9 Å². The molecule has 0 spiro atoms. The standard InChI is InChI=1S/C9H13BrO3/c1-3-6-13-9(11)5-4-8(7-10)12-2/h3-4H,1,5-7H2,2H3/b8-4-. The van der Waals surface area contributed by atoms with Gasteiger partial charge in [0, 0.05) is 0 Å². The molecule has 0 saturated carbocycles. The van der Waals surface area contributed by atoms with E-state index in [4.69, 9.17) is 9.47 Å². The molecule has 0 rings (SSSR count). The molecule has 0 unspecified atom stereocenters. The van der Waals surface area contributed by atoms with Crippen molar-refractivity contribution in [2.75, 3.05) is 19.0 Å². The largest absolute Gasteiger partial charge is 0.501 e. The molecule has 0 bridgehead atoms. The molecule has 0 aromatic rings. The lowest BCUT2D eigenvalue weighted by molar-refractivity contribution is -0.141. The smallest absolute Gasteiger partial charge is 0.310 e. The van der Waals surface area contributed by atoms with E-state index in [2.05, 4.69) is 22.5 Å². The van der Waals surface area contributed by atoms with Crippen LogP contribution in [-0.2, 0) is 14.3 Å². The van der Waals surface area contributed by atoms with Crippen molar-refractivity contribution in [2.24, 2.45) is 0 Å². The summed E-state index contributed by atoms with van der Waals surface area (Å²) < 4.78 is 9.70. The summed E-state index contributed by atoms with van der Waals surface area (Å²) in [5.41, 5.74) is 0. The second-order valence-corrected chi connectivity index (χ2v) is 2.74. The molecule has 0 N–H and O–H groups in total. The van der Waals surface area contributed by atoms with E-state index >= 15 is 0 Å². The summed E-state index contributed by atoms with van der Waals surface area (Å²) in [5.74, 6) is 0.436. The van der Waals surface area contributed by atoms with Gasteiger partial charge in [-0.2, -0.15) is 0 Å². The highest BCUT2D eigenvalue weighted by atomic mass is 79.9. The molecule has 74 valence electrons. The maximum Gasteiger partial charge on any atom is 0.310 e. The van der Waals surface area contributed by atoms with Crippen LogP contribution in [-0.4, -0.2) is 25.0 Å². The zero-order valence-corrected chi connectivity index (χ0v) is 9.17. The third kappa shape index (κ3) is 6.40. The maximum absolute atomic E-state index is 11.0. The zero-order chi connectivity index (χ0) is 10.1. The second kappa shape index (κ2) is 7.86. The highest BCUT2D eigenvalue weighted by molar-refractivity contribution is 9.09. The molecule has 0 aliphatic carbocycles. The summed E-state index contributed by atoms with van der Waals surface area (Å²) >= 11 is 3.22. The van der Waals surface area contributed by atoms with Gasteiger partial charge in [-0.05, 0) is 6.08 Å². The molecular weight excluding hydrogens is 236 g/mol. The summed E-state index contributed by atoms with van der Waals surface area (Å²) in [5, 5.41) is 0.595. The lowest BCUT2D eigenvalue weighted by atomic mass is 10.3. The Morgan fingerprint density at radius 1 is 1.62 bits per heavy atom. The molecule has 0 aromatic heterocycles. The monoisotopic (exact) mass is 248 g/mol. The highest BCUT2D eigenvalue weighted by Gasteiger charge is 2.00. The first kappa shape index (κ1) is 12.2. The first-order valence-corrected chi connectivity index (χ1v) is 4.92. The van der Waals surface area contributed by atoms with Crippen molar-refractivity contribution in [1.82, 2.24) is 0 Å². The number of hydrogen-bond donors (Lipinski definition) is 0. The Hall–Kier alpha value is -0.770. The molecule has 0 amide bonds. The number of halogens is 1. The van der Waals surface area contributed by atoms with Gasteiger partial charge in [-0.3, -0.25) is 4.79 Å². The molecule has 0 saturated heterocycles. The van der Waals surface area contributed by atoms with Crippen molar-refractivity contribution in [3.8, 4) is 0 Å². The minimum absolute atomic E-state index is 0.225. The SMILES string of the molecule is C=CCOC(=O)C/C=C(/CBr)OC. The van der Waals surface area contributed by atoms with Gasteiger partial charge >= 0.3 is 5.97 Å². The van der Waals surface area contributed by atoms with Gasteiger partial charge in [0.1, 0.15) is 12.4 Å². The van der Waals surface area contributed by atoms with Crippen LogP contribution in [0.15, 0.2) is 24.5 Å². The topological polar surface area (TPSA) is 35.5 Å². The van der Waals surface area contributed by atoms with Gasteiger partial charge in [0.15, 0.2) is 0 Å². The van der Waals surface area contributed by atoms with Gasteiger partial charge in [-0.15, -0.1) is 0 Å². The van der Waals surface area contributed by atoms with Gasteiger partial charge in [0.25, 0.3) is 0 Å². The minimum Gasteiger partial charge on any atom is -0.501 e. The first-order valence-electron chi connectivity index (χ1n) is 3.80. The van der Waals surface area contributed by atoms with E-state index < -0.39 is 0 Å². The van der Waals surface area contributed by atoms with Crippen LogP contribution in [0.1, 0.15) is 6.42 Å². The number of hydrogen-bond acceptors (Lipinski definition) is 3. The summed E-state index contributed by atoms with van der Waals surface area (Å²) in [6, 6.07) is 0. The summed E-state index contributed by atoms with van der Waals surface area (Å²) in [4.78, 5) is 11.0. The number of ether oxygens (including phenoxy) is 2. The van der Waals surface area contributed by atoms with Crippen LogP contribution in [0.3, 0.4) is 0 Å². The normalized spacial score (nSPS) is 10.8. The lowest BCUT2D eigenvalue weighted by Crippen LogP contribution is -2.03. The van der Waals surface area contributed by atoms with Gasteiger partial charge < -0.3 is 9.47 Å². The lowest BCUT2D eigenvalue weighted by Gasteiger charge is -2.01. The molecule has 0 aromatic carbocycles. The van der Waals surface area contributed by atoms with Crippen molar-refractivity contribution < 1.29 is 14.3 Å². The maximum atomic E-state index is 11.0. The van der Waals surface area contributed by atoms with E-state index in [0.29, 0.717) is 5.33 Å². The van der Waals surface area contributed by atoms with Gasteiger partial charge in [-0.1, -0.05) is 28.6 Å². The van der Waals surface area contributed by atoms with E-state index in [9.17, 15) is 4.79 Å². The van der Waals surface area contributed by atoms with Crippen molar-refractivity contribution >= 4 is 21.9 Å². The fourth-order valence-corrected chi connectivity index (χ4v) is 1.06. The predicted octanol–water partition coefficient (Wildman–Crippen LogP) is 2.03.